The van der Waals surface area contributed by atoms with Crippen LogP contribution in [-0.4, -0.2) is 36.2 Å². The first kappa shape index (κ1) is 9.01. The van der Waals surface area contributed by atoms with E-state index in [4.69, 9.17) is 4.74 Å². The van der Waals surface area contributed by atoms with Crippen LogP contribution in [0.2, 0.25) is 0 Å². The molecule has 1 saturated heterocycles. The molecule has 0 aromatic heterocycles. The quantitative estimate of drug-likeness (QED) is 0.572. The second-order valence-corrected chi connectivity index (χ2v) is 3.80. The second kappa shape index (κ2) is 3.55. The highest BCUT2D eigenvalue weighted by Crippen LogP contribution is 2.12. The van der Waals surface area contributed by atoms with Crippen molar-refractivity contribution < 1.29 is 4.74 Å². The molecule has 1 fully saturated rings. The molecule has 0 N–H and O–H groups in total. The van der Waals surface area contributed by atoms with Crippen molar-refractivity contribution in [2.75, 3.05) is 13.1 Å². The molecule has 0 aromatic rings. The molecule has 2 atom stereocenters. The average molecular weight is 157 g/mol. The Bertz CT molecular complexity index is 115. The number of ether oxygens (including phenoxy) is 1. The van der Waals surface area contributed by atoms with Crippen molar-refractivity contribution in [2.45, 2.75) is 45.9 Å². The van der Waals surface area contributed by atoms with Gasteiger partial charge in [-0.2, -0.15) is 0 Å². The summed E-state index contributed by atoms with van der Waals surface area (Å²) in [4.78, 5) is 2.47. The summed E-state index contributed by atoms with van der Waals surface area (Å²) >= 11 is 0. The molecule has 1 aliphatic heterocycles. The minimum absolute atomic E-state index is 0.404. The van der Waals surface area contributed by atoms with Crippen molar-refractivity contribution in [3.8, 4) is 0 Å². The van der Waals surface area contributed by atoms with E-state index in [0.29, 0.717) is 18.2 Å². The van der Waals surface area contributed by atoms with Gasteiger partial charge in [0.05, 0.1) is 12.2 Å². The topological polar surface area (TPSA) is 12.5 Å². The van der Waals surface area contributed by atoms with E-state index in [1.165, 1.54) is 0 Å². The van der Waals surface area contributed by atoms with Gasteiger partial charge in [0.25, 0.3) is 0 Å². The molecule has 0 aromatic carbocycles. The molecule has 0 amide bonds. The third kappa shape index (κ3) is 2.46. The van der Waals surface area contributed by atoms with Crippen molar-refractivity contribution >= 4 is 0 Å². The number of nitrogens with zero attached hydrogens (tertiary/aromatic N) is 1. The Balaban J connectivity index is 2.43. The number of rotatable bonds is 1. The van der Waals surface area contributed by atoms with E-state index >= 15 is 0 Å². The SMILES string of the molecule is CC(C)N1C[C@@H](C)O[C@H](C)C1. The summed E-state index contributed by atoms with van der Waals surface area (Å²) in [6.07, 6.45) is 0.808. The largest absolute Gasteiger partial charge is 0.373 e. The Kier molecular flexibility index (Phi) is 2.90. The molecule has 1 rings (SSSR count). The lowest BCUT2D eigenvalue weighted by atomic mass is 10.2. The van der Waals surface area contributed by atoms with E-state index in [2.05, 4.69) is 32.6 Å². The molecule has 1 heterocycles. The lowest BCUT2D eigenvalue weighted by Crippen LogP contribution is -2.48. The van der Waals surface area contributed by atoms with E-state index in [-0.39, 0.29) is 0 Å². The molecular formula is C9H19NO. The third-order valence-electron chi connectivity index (χ3n) is 2.18. The first-order valence-corrected chi connectivity index (χ1v) is 4.49. The van der Waals surface area contributed by atoms with Gasteiger partial charge in [0.1, 0.15) is 0 Å². The highest BCUT2D eigenvalue weighted by atomic mass is 16.5. The summed E-state index contributed by atoms with van der Waals surface area (Å²) in [5.41, 5.74) is 0. The minimum atomic E-state index is 0.404. The predicted octanol–water partition coefficient (Wildman–Crippen LogP) is 1.50. The zero-order valence-electron chi connectivity index (χ0n) is 8.00. The summed E-state index contributed by atoms with van der Waals surface area (Å²) in [5, 5.41) is 0. The lowest BCUT2D eigenvalue weighted by molar-refractivity contribution is -0.0764. The molecule has 2 heteroatoms. The third-order valence-corrected chi connectivity index (χ3v) is 2.18. The van der Waals surface area contributed by atoms with Crippen LogP contribution < -0.4 is 0 Å². The molecule has 1 aliphatic rings. The van der Waals surface area contributed by atoms with Gasteiger partial charge in [-0.1, -0.05) is 0 Å². The Morgan fingerprint density at radius 3 is 2.00 bits per heavy atom. The lowest BCUT2D eigenvalue weighted by Gasteiger charge is -2.37. The Morgan fingerprint density at radius 1 is 1.18 bits per heavy atom. The van der Waals surface area contributed by atoms with Gasteiger partial charge >= 0.3 is 0 Å². The number of hydrogen-bond donors (Lipinski definition) is 0. The maximum absolute atomic E-state index is 5.62. The molecular weight excluding hydrogens is 138 g/mol. The molecule has 0 spiro atoms. The predicted molar refractivity (Wildman–Crippen MR) is 46.7 cm³/mol. The van der Waals surface area contributed by atoms with Gasteiger partial charge in [-0.05, 0) is 27.7 Å². The van der Waals surface area contributed by atoms with Gasteiger partial charge in [-0.3, -0.25) is 4.90 Å². The van der Waals surface area contributed by atoms with Crippen LogP contribution >= 0.6 is 0 Å². The fraction of sp³-hybridized carbons (Fsp3) is 1.00. The first-order chi connectivity index (χ1) is 5.09. The Morgan fingerprint density at radius 2 is 1.64 bits per heavy atom. The van der Waals surface area contributed by atoms with Crippen LogP contribution in [0.25, 0.3) is 0 Å². The first-order valence-electron chi connectivity index (χ1n) is 4.49. The molecule has 0 radical (unpaired) electrons. The summed E-state index contributed by atoms with van der Waals surface area (Å²) in [7, 11) is 0. The molecule has 0 saturated carbocycles. The number of morpholine rings is 1. The normalized spacial score (nSPS) is 34.6. The molecule has 0 unspecified atom stereocenters. The van der Waals surface area contributed by atoms with E-state index < -0.39 is 0 Å². The van der Waals surface area contributed by atoms with E-state index in [9.17, 15) is 0 Å². The molecule has 0 bridgehead atoms. The van der Waals surface area contributed by atoms with Gasteiger partial charge in [0.15, 0.2) is 0 Å². The van der Waals surface area contributed by atoms with Gasteiger partial charge in [0, 0.05) is 19.1 Å². The summed E-state index contributed by atoms with van der Waals surface area (Å²) < 4.78 is 5.62. The summed E-state index contributed by atoms with van der Waals surface area (Å²) in [5.74, 6) is 0. The zero-order valence-corrected chi connectivity index (χ0v) is 8.00. The van der Waals surface area contributed by atoms with Crippen LogP contribution in [0.15, 0.2) is 0 Å². The van der Waals surface area contributed by atoms with Gasteiger partial charge in [-0.15, -0.1) is 0 Å². The van der Waals surface area contributed by atoms with Crippen LogP contribution in [0.5, 0.6) is 0 Å². The van der Waals surface area contributed by atoms with Crippen LogP contribution in [0, 0.1) is 0 Å². The van der Waals surface area contributed by atoms with Crippen molar-refractivity contribution in [2.24, 2.45) is 0 Å². The average Bonchev–Trinajstić information content (AvgIpc) is 1.85. The van der Waals surface area contributed by atoms with E-state index in [1.807, 2.05) is 0 Å². The van der Waals surface area contributed by atoms with Crippen molar-refractivity contribution in [3.05, 3.63) is 0 Å². The van der Waals surface area contributed by atoms with E-state index in [0.717, 1.165) is 13.1 Å². The Labute approximate surface area is 69.5 Å². The molecule has 11 heavy (non-hydrogen) atoms. The monoisotopic (exact) mass is 157 g/mol. The van der Waals surface area contributed by atoms with Gasteiger partial charge in [-0.25, -0.2) is 0 Å². The highest BCUT2D eigenvalue weighted by Gasteiger charge is 2.23. The van der Waals surface area contributed by atoms with Crippen molar-refractivity contribution in [1.82, 2.24) is 4.90 Å². The Hall–Kier alpha value is -0.0800. The standard InChI is InChI=1S/C9H19NO/c1-7(2)10-5-8(3)11-9(4)6-10/h7-9H,5-6H2,1-4H3/t8-,9-/m1/s1. The fourth-order valence-corrected chi connectivity index (χ4v) is 1.64. The second-order valence-electron chi connectivity index (χ2n) is 3.80. The molecule has 66 valence electrons. The van der Waals surface area contributed by atoms with Gasteiger partial charge in [0.2, 0.25) is 0 Å². The van der Waals surface area contributed by atoms with E-state index in [1.54, 1.807) is 0 Å². The zero-order chi connectivity index (χ0) is 8.43. The number of hydrogen-bond acceptors (Lipinski definition) is 2. The summed E-state index contributed by atoms with van der Waals surface area (Å²) in [6.45, 7) is 10.9. The van der Waals surface area contributed by atoms with Crippen LogP contribution in [-0.2, 0) is 4.74 Å². The minimum Gasteiger partial charge on any atom is -0.373 e. The van der Waals surface area contributed by atoms with Crippen LogP contribution in [0.4, 0.5) is 0 Å². The maximum Gasteiger partial charge on any atom is 0.0678 e. The fourth-order valence-electron chi connectivity index (χ4n) is 1.64. The van der Waals surface area contributed by atoms with Crippen LogP contribution in [0.3, 0.4) is 0 Å². The maximum atomic E-state index is 5.62. The molecule has 0 aliphatic carbocycles. The van der Waals surface area contributed by atoms with Gasteiger partial charge < -0.3 is 4.74 Å². The van der Waals surface area contributed by atoms with Crippen molar-refractivity contribution in [1.29, 1.82) is 0 Å². The van der Waals surface area contributed by atoms with Crippen LogP contribution in [0.1, 0.15) is 27.7 Å². The summed E-state index contributed by atoms with van der Waals surface area (Å²) in [6, 6.07) is 0.656. The smallest absolute Gasteiger partial charge is 0.0678 e. The van der Waals surface area contributed by atoms with Crippen molar-refractivity contribution in [3.63, 3.8) is 0 Å². The molecule has 2 nitrogen and oxygen atoms in total. The highest BCUT2D eigenvalue weighted by molar-refractivity contribution is 4.75.